The molecule has 1 amide bonds. The quantitative estimate of drug-likeness (QED) is 0.534. The van der Waals surface area contributed by atoms with E-state index in [0.29, 0.717) is 22.2 Å². The molecule has 0 aliphatic heterocycles. The normalized spacial score (nSPS) is 11.0. The molecule has 6 nitrogen and oxygen atoms in total. The molecule has 0 atom stereocenters. The Balaban J connectivity index is 1.62. The van der Waals surface area contributed by atoms with Gasteiger partial charge in [0.1, 0.15) is 11.3 Å². The number of H-pyrrole nitrogens is 1. The molecule has 3 N–H and O–H groups in total. The van der Waals surface area contributed by atoms with Crippen LogP contribution in [0.15, 0.2) is 59.0 Å². The summed E-state index contributed by atoms with van der Waals surface area (Å²) in [6.45, 7) is 0. The van der Waals surface area contributed by atoms with Gasteiger partial charge in [-0.2, -0.15) is 0 Å². The molecule has 24 heavy (non-hydrogen) atoms. The maximum Gasteiger partial charge on any atom is 0.352 e. The number of furan rings is 1. The first kappa shape index (κ1) is 14.1. The number of anilines is 1. The number of hydrogen-bond acceptors (Lipinski definition) is 3. The number of para-hydroxylation sites is 1. The average Bonchev–Trinajstić information content (AvgIpc) is 3.18. The standard InChI is InChI=1S/C18H12N2O4/c21-17(16-9-10-3-1-2-4-15(10)24-16)19-12-5-6-13-11(7-12)8-14(20-13)18(22)23/h1-9,20H,(H,19,21)(H,22,23). The summed E-state index contributed by atoms with van der Waals surface area (Å²) >= 11 is 0. The number of carboxylic acid groups (broad SMARTS) is 1. The van der Waals surface area contributed by atoms with Crippen molar-refractivity contribution in [3.8, 4) is 0 Å². The fourth-order valence-corrected chi connectivity index (χ4v) is 2.61. The van der Waals surface area contributed by atoms with Gasteiger partial charge in [-0.25, -0.2) is 4.79 Å². The monoisotopic (exact) mass is 320 g/mol. The molecule has 2 heterocycles. The van der Waals surface area contributed by atoms with E-state index in [2.05, 4.69) is 10.3 Å². The van der Waals surface area contributed by atoms with E-state index in [1.54, 1.807) is 30.3 Å². The molecule has 0 unspecified atom stereocenters. The van der Waals surface area contributed by atoms with Crippen LogP contribution in [0, 0.1) is 0 Å². The maximum absolute atomic E-state index is 12.3. The predicted molar refractivity (Wildman–Crippen MR) is 89.4 cm³/mol. The SMILES string of the molecule is O=C(O)c1cc2cc(NC(=O)c3cc4ccccc4o3)ccc2[nH]1. The number of hydrogen-bond donors (Lipinski definition) is 3. The van der Waals surface area contributed by atoms with Crippen molar-refractivity contribution in [3.05, 3.63) is 66.1 Å². The first-order valence-corrected chi connectivity index (χ1v) is 7.26. The zero-order valence-electron chi connectivity index (χ0n) is 12.4. The molecule has 0 aliphatic rings. The molecule has 0 fully saturated rings. The number of aromatic carboxylic acids is 1. The fraction of sp³-hybridized carbons (Fsp3) is 0. The minimum atomic E-state index is -1.03. The zero-order chi connectivity index (χ0) is 16.7. The Morgan fingerprint density at radius 1 is 1.00 bits per heavy atom. The minimum Gasteiger partial charge on any atom is -0.477 e. The van der Waals surface area contributed by atoms with Crippen LogP contribution in [-0.2, 0) is 0 Å². The van der Waals surface area contributed by atoms with Gasteiger partial charge in [0.05, 0.1) is 0 Å². The Kier molecular flexibility index (Phi) is 3.09. The van der Waals surface area contributed by atoms with Crippen LogP contribution in [0.5, 0.6) is 0 Å². The molecule has 0 spiro atoms. The van der Waals surface area contributed by atoms with Crippen LogP contribution in [0.4, 0.5) is 5.69 Å². The smallest absolute Gasteiger partial charge is 0.352 e. The second-order valence-electron chi connectivity index (χ2n) is 5.39. The van der Waals surface area contributed by atoms with Gasteiger partial charge >= 0.3 is 5.97 Å². The summed E-state index contributed by atoms with van der Waals surface area (Å²) < 4.78 is 5.53. The number of aromatic amines is 1. The summed E-state index contributed by atoms with van der Waals surface area (Å²) in [5.74, 6) is -1.17. The Bertz CT molecular complexity index is 1060. The number of amides is 1. The van der Waals surface area contributed by atoms with Crippen molar-refractivity contribution < 1.29 is 19.1 Å². The molecule has 0 radical (unpaired) electrons. The summed E-state index contributed by atoms with van der Waals surface area (Å²) in [5.41, 5.74) is 2.00. The Morgan fingerprint density at radius 2 is 1.83 bits per heavy atom. The first-order chi connectivity index (χ1) is 11.6. The number of rotatable bonds is 3. The Morgan fingerprint density at radius 3 is 2.62 bits per heavy atom. The van der Waals surface area contributed by atoms with Gasteiger partial charge in [-0.15, -0.1) is 0 Å². The van der Waals surface area contributed by atoms with Crippen molar-refractivity contribution in [2.24, 2.45) is 0 Å². The van der Waals surface area contributed by atoms with E-state index < -0.39 is 5.97 Å². The third-order valence-corrected chi connectivity index (χ3v) is 3.76. The zero-order valence-corrected chi connectivity index (χ0v) is 12.4. The summed E-state index contributed by atoms with van der Waals surface area (Å²) in [5, 5.41) is 13.3. The summed E-state index contributed by atoms with van der Waals surface area (Å²) in [6, 6.07) is 15.7. The Labute approximate surface area is 135 Å². The number of nitrogens with one attached hydrogen (secondary N) is 2. The molecule has 2 aromatic carbocycles. The number of carboxylic acids is 1. The van der Waals surface area contributed by atoms with E-state index >= 15 is 0 Å². The summed E-state index contributed by atoms with van der Waals surface area (Å²) in [7, 11) is 0. The highest BCUT2D eigenvalue weighted by molar-refractivity contribution is 6.05. The highest BCUT2D eigenvalue weighted by Gasteiger charge is 2.13. The average molecular weight is 320 g/mol. The molecule has 0 bridgehead atoms. The number of benzene rings is 2. The first-order valence-electron chi connectivity index (χ1n) is 7.26. The van der Waals surface area contributed by atoms with Crippen LogP contribution in [0.3, 0.4) is 0 Å². The van der Waals surface area contributed by atoms with E-state index in [-0.39, 0.29) is 17.4 Å². The molecule has 2 aromatic heterocycles. The Hall–Kier alpha value is -3.54. The van der Waals surface area contributed by atoms with Crippen LogP contribution in [-0.4, -0.2) is 22.0 Å². The molecule has 0 saturated carbocycles. The lowest BCUT2D eigenvalue weighted by atomic mass is 10.2. The van der Waals surface area contributed by atoms with Crippen molar-refractivity contribution in [1.29, 1.82) is 0 Å². The highest BCUT2D eigenvalue weighted by atomic mass is 16.4. The molecule has 0 saturated heterocycles. The van der Waals surface area contributed by atoms with Crippen molar-refractivity contribution in [3.63, 3.8) is 0 Å². The third-order valence-electron chi connectivity index (χ3n) is 3.76. The number of aromatic nitrogens is 1. The molecule has 118 valence electrons. The van der Waals surface area contributed by atoms with Crippen molar-refractivity contribution in [2.75, 3.05) is 5.32 Å². The summed E-state index contributed by atoms with van der Waals surface area (Å²) in [6.07, 6.45) is 0. The number of carbonyl (C=O) groups excluding carboxylic acids is 1. The number of fused-ring (bicyclic) bond motifs is 2. The second kappa shape index (κ2) is 5.27. The van der Waals surface area contributed by atoms with Crippen molar-refractivity contribution in [2.45, 2.75) is 0 Å². The van der Waals surface area contributed by atoms with E-state index in [0.717, 1.165) is 5.39 Å². The van der Waals surface area contributed by atoms with Gasteiger partial charge in [0.2, 0.25) is 0 Å². The van der Waals surface area contributed by atoms with Crippen molar-refractivity contribution >= 4 is 39.4 Å². The minimum absolute atomic E-state index is 0.103. The van der Waals surface area contributed by atoms with Gasteiger partial charge in [-0.1, -0.05) is 18.2 Å². The highest BCUT2D eigenvalue weighted by Crippen LogP contribution is 2.23. The lowest BCUT2D eigenvalue weighted by Gasteiger charge is -2.03. The molecular formula is C18H12N2O4. The van der Waals surface area contributed by atoms with Crippen LogP contribution in [0.25, 0.3) is 21.9 Å². The van der Waals surface area contributed by atoms with E-state index in [4.69, 9.17) is 9.52 Å². The number of carbonyl (C=O) groups is 2. The van der Waals surface area contributed by atoms with Gasteiger partial charge in [0, 0.05) is 22.0 Å². The largest absolute Gasteiger partial charge is 0.477 e. The van der Waals surface area contributed by atoms with Gasteiger partial charge in [-0.05, 0) is 36.4 Å². The molecule has 6 heteroatoms. The molecule has 4 aromatic rings. The second-order valence-corrected chi connectivity index (χ2v) is 5.39. The lowest BCUT2D eigenvalue weighted by Crippen LogP contribution is -2.10. The van der Waals surface area contributed by atoms with Gasteiger partial charge < -0.3 is 19.8 Å². The van der Waals surface area contributed by atoms with Crippen LogP contribution in [0.1, 0.15) is 21.0 Å². The molecule has 0 aliphatic carbocycles. The van der Waals surface area contributed by atoms with Gasteiger partial charge in [0.15, 0.2) is 5.76 Å². The van der Waals surface area contributed by atoms with E-state index in [1.807, 2.05) is 18.2 Å². The van der Waals surface area contributed by atoms with Gasteiger partial charge in [0.25, 0.3) is 5.91 Å². The van der Waals surface area contributed by atoms with E-state index in [9.17, 15) is 9.59 Å². The third kappa shape index (κ3) is 2.40. The van der Waals surface area contributed by atoms with Crippen LogP contribution in [0.2, 0.25) is 0 Å². The van der Waals surface area contributed by atoms with E-state index in [1.165, 1.54) is 6.07 Å². The fourth-order valence-electron chi connectivity index (χ4n) is 2.61. The molecular weight excluding hydrogens is 308 g/mol. The summed E-state index contributed by atoms with van der Waals surface area (Å²) in [4.78, 5) is 26.1. The van der Waals surface area contributed by atoms with Crippen molar-refractivity contribution in [1.82, 2.24) is 4.98 Å². The lowest BCUT2D eigenvalue weighted by molar-refractivity contribution is 0.0691. The van der Waals surface area contributed by atoms with Gasteiger partial charge in [-0.3, -0.25) is 4.79 Å². The topological polar surface area (TPSA) is 95.3 Å². The molecule has 4 rings (SSSR count). The predicted octanol–water partition coefficient (Wildman–Crippen LogP) is 3.86. The maximum atomic E-state index is 12.3. The van der Waals surface area contributed by atoms with Crippen LogP contribution >= 0.6 is 0 Å². The van der Waals surface area contributed by atoms with Crippen LogP contribution < -0.4 is 5.32 Å².